The van der Waals surface area contributed by atoms with E-state index in [2.05, 4.69) is 12.2 Å². The van der Waals surface area contributed by atoms with Gasteiger partial charge in [-0.2, -0.15) is 0 Å². The van der Waals surface area contributed by atoms with Crippen LogP contribution in [0.15, 0.2) is 48.5 Å². The van der Waals surface area contributed by atoms with Gasteiger partial charge in [-0.15, -0.1) is 0 Å². The fraction of sp³-hybridized carbons (Fsp3) is 0.318. The monoisotopic (exact) mass is 383 g/mol. The van der Waals surface area contributed by atoms with Gasteiger partial charge in [-0.1, -0.05) is 43.3 Å². The number of ketones is 1. The van der Waals surface area contributed by atoms with E-state index in [0.717, 1.165) is 12.0 Å². The Morgan fingerprint density at radius 2 is 1.64 bits per heavy atom. The summed E-state index contributed by atoms with van der Waals surface area (Å²) in [5.74, 6) is -0.840. The molecule has 28 heavy (non-hydrogen) atoms. The standard InChI is InChI=1S/C22H25NO5/c1-3-16-4-6-18(7-5-16)20(24)12-13-21(25)23-15(2)17-8-10-19(11-9-17)28-14-22(26)27/h4-11,15H,3,12-14H2,1-2H3,(H,23,25)(H,26,27). The van der Waals surface area contributed by atoms with Crippen molar-refractivity contribution in [1.82, 2.24) is 5.32 Å². The number of carbonyl (C=O) groups excluding carboxylic acids is 2. The quantitative estimate of drug-likeness (QED) is 0.612. The van der Waals surface area contributed by atoms with Gasteiger partial charge in [0.05, 0.1) is 6.04 Å². The molecule has 0 heterocycles. The lowest BCUT2D eigenvalue weighted by atomic mass is 10.0. The minimum atomic E-state index is -1.04. The summed E-state index contributed by atoms with van der Waals surface area (Å²) in [6.07, 6.45) is 1.20. The summed E-state index contributed by atoms with van der Waals surface area (Å²) in [5, 5.41) is 11.5. The van der Waals surface area contributed by atoms with Gasteiger partial charge < -0.3 is 15.2 Å². The molecule has 0 saturated heterocycles. The fourth-order valence-electron chi connectivity index (χ4n) is 2.69. The van der Waals surface area contributed by atoms with E-state index < -0.39 is 12.6 Å². The number of carbonyl (C=O) groups is 3. The zero-order valence-electron chi connectivity index (χ0n) is 16.1. The average Bonchev–Trinajstić information content (AvgIpc) is 2.70. The van der Waals surface area contributed by atoms with Crippen molar-refractivity contribution < 1.29 is 24.2 Å². The number of carboxylic acid groups (broad SMARTS) is 1. The Balaban J connectivity index is 1.81. The first kappa shape index (κ1) is 21.2. The molecule has 0 aromatic heterocycles. The van der Waals surface area contributed by atoms with Crippen molar-refractivity contribution in [2.75, 3.05) is 6.61 Å². The summed E-state index contributed by atoms with van der Waals surface area (Å²) >= 11 is 0. The van der Waals surface area contributed by atoms with Gasteiger partial charge in [0.15, 0.2) is 12.4 Å². The Kier molecular flexibility index (Phi) is 7.75. The molecule has 0 saturated carbocycles. The lowest BCUT2D eigenvalue weighted by molar-refractivity contribution is -0.139. The Hall–Kier alpha value is -3.15. The largest absolute Gasteiger partial charge is 0.482 e. The maximum absolute atomic E-state index is 12.2. The lowest BCUT2D eigenvalue weighted by Gasteiger charge is -2.15. The van der Waals surface area contributed by atoms with Crippen LogP contribution in [-0.4, -0.2) is 29.4 Å². The van der Waals surface area contributed by atoms with Crippen molar-refractivity contribution in [2.45, 2.75) is 39.2 Å². The summed E-state index contributed by atoms with van der Waals surface area (Å²) in [4.78, 5) is 34.9. The summed E-state index contributed by atoms with van der Waals surface area (Å²) in [5.41, 5.74) is 2.65. The number of aliphatic carboxylic acids is 1. The maximum atomic E-state index is 12.2. The van der Waals surface area contributed by atoms with E-state index in [9.17, 15) is 14.4 Å². The first-order chi connectivity index (χ1) is 13.4. The van der Waals surface area contributed by atoms with E-state index >= 15 is 0 Å². The highest BCUT2D eigenvalue weighted by molar-refractivity contribution is 5.98. The van der Waals surface area contributed by atoms with Gasteiger partial charge >= 0.3 is 5.97 Å². The molecule has 0 bridgehead atoms. The summed E-state index contributed by atoms with van der Waals surface area (Å²) in [6, 6.07) is 14.1. The van der Waals surface area contributed by atoms with Gasteiger partial charge in [0.1, 0.15) is 5.75 Å². The molecule has 2 rings (SSSR count). The molecule has 0 spiro atoms. The van der Waals surface area contributed by atoms with Crippen LogP contribution in [0.2, 0.25) is 0 Å². The van der Waals surface area contributed by atoms with Gasteiger partial charge in [-0.3, -0.25) is 9.59 Å². The molecule has 0 aliphatic carbocycles. The molecule has 1 amide bonds. The van der Waals surface area contributed by atoms with Crippen LogP contribution in [0, 0.1) is 0 Å². The van der Waals surface area contributed by atoms with Crippen LogP contribution in [0.5, 0.6) is 5.75 Å². The number of Topliss-reactive ketones (excluding diaryl/α,β-unsaturated/α-hetero) is 1. The van der Waals surface area contributed by atoms with E-state index in [1.54, 1.807) is 36.4 Å². The highest BCUT2D eigenvalue weighted by Gasteiger charge is 2.13. The third-order valence-electron chi connectivity index (χ3n) is 4.38. The van der Waals surface area contributed by atoms with E-state index in [1.165, 1.54) is 5.56 Å². The third-order valence-corrected chi connectivity index (χ3v) is 4.38. The Morgan fingerprint density at radius 3 is 2.21 bits per heavy atom. The van der Waals surface area contributed by atoms with Gasteiger partial charge in [-0.25, -0.2) is 4.79 Å². The second-order valence-electron chi connectivity index (χ2n) is 6.51. The molecule has 0 radical (unpaired) electrons. The SMILES string of the molecule is CCc1ccc(C(=O)CCC(=O)NC(C)c2ccc(OCC(=O)O)cc2)cc1. The minimum absolute atomic E-state index is 0.0506. The van der Waals surface area contributed by atoms with Crippen molar-refractivity contribution in [3.63, 3.8) is 0 Å². The number of benzene rings is 2. The molecule has 2 aromatic carbocycles. The molecular weight excluding hydrogens is 358 g/mol. The predicted octanol–water partition coefficient (Wildman–Crippen LogP) is 3.55. The second kappa shape index (κ2) is 10.3. The summed E-state index contributed by atoms with van der Waals surface area (Å²) in [6.45, 7) is 3.50. The zero-order chi connectivity index (χ0) is 20.5. The number of carboxylic acids is 1. The number of hydrogen-bond donors (Lipinski definition) is 2. The molecular formula is C22H25NO5. The third kappa shape index (κ3) is 6.54. The summed E-state index contributed by atoms with van der Waals surface area (Å²) in [7, 11) is 0. The van der Waals surface area contributed by atoms with Gasteiger partial charge in [0, 0.05) is 18.4 Å². The van der Waals surface area contributed by atoms with Crippen molar-refractivity contribution >= 4 is 17.7 Å². The molecule has 2 N–H and O–H groups in total. The van der Waals surface area contributed by atoms with E-state index in [0.29, 0.717) is 11.3 Å². The van der Waals surface area contributed by atoms with Crippen molar-refractivity contribution in [3.8, 4) is 5.75 Å². The fourth-order valence-corrected chi connectivity index (χ4v) is 2.69. The van der Waals surface area contributed by atoms with E-state index in [1.807, 2.05) is 19.1 Å². The normalized spacial score (nSPS) is 11.5. The molecule has 6 nitrogen and oxygen atoms in total. The van der Waals surface area contributed by atoms with Gasteiger partial charge in [-0.05, 0) is 36.6 Å². The van der Waals surface area contributed by atoms with Crippen LogP contribution in [-0.2, 0) is 16.0 Å². The predicted molar refractivity (Wildman–Crippen MR) is 106 cm³/mol. The molecule has 0 aliphatic heterocycles. The number of rotatable bonds is 10. The lowest BCUT2D eigenvalue weighted by Crippen LogP contribution is -2.26. The number of hydrogen-bond acceptors (Lipinski definition) is 4. The van der Waals surface area contributed by atoms with Crippen LogP contribution in [0.1, 0.15) is 54.2 Å². The molecule has 0 aliphatic rings. The Bertz CT molecular complexity index is 812. The van der Waals surface area contributed by atoms with Crippen molar-refractivity contribution in [1.29, 1.82) is 0 Å². The highest BCUT2D eigenvalue weighted by atomic mass is 16.5. The van der Waals surface area contributed by atoms with Crippen LogP contribution >= 0.6 is 0 Å². The van der Waals surface area contributed by atoms with Crippen molar-refractivity contribution in [3.05, 3.63) is 65.2 Å². The second-order valence-corrected chi connectivity index (χ2v) is 6.51. The van der Waals surface area contributed by atoms with Gasteiger partial charge in [0.25, 0.3) is 0 Å². The Morgan fingerprint density at radius 1 is 1.00 bits per heavy atom. The van der Waals surface area contributed by atoms with Crippen LogP contribution < -0.4 is 10.1 Å². The smallest absolute Gasteiger partial charge is 0.341 e. The number of ether oxygens (including phenoxy) is 1. The van der Waals surface area contributed by atoms with E-state index in [-0.39, 0.29) is 30.6 Å². The first-order valence-corrected chi connectivity index (χ1v) is 9.25. The van der Waals surface area contributed by atoms with Crippen LogP contribution in [0.3, 0.4) is 0 Å². The molecule has 0 fully saturated rings. The van der Waals surface area contributed by atoms with Crippen molar-refractivity contribution in [2.24, 2.45) is 0 Å². The highest BCUT2D eigenvalue weighted by Crippen LogP contribution is 2.18. The molecule has 1 unspecified atom stereocenters. The van der Waals surface area contributed by atoms with E-state index in [4.69, 9.17) is 9.84 Å². The molecule has 2 aromatic rings. The van der Waals surface area contributed by atoms with Crippen LogP contribution in [0.4, 0.5) is 0 Å². The van der Waals surface area contributed by atoms with Crippen LogP contribution in [0.25, 0.3) is 0 Å². The number of nitrogens with one attached hydrogen (secondary N) is 1. The topological polar surface area (TPSA) is 92.7 Å². The maximum Gasteiger partial charge on any atom is 0.341 e. The molecule has 148 valence electrons. The molecule has 1 atom stereocenters. The summed E-state index contributed by atoms with van der Waals surface area (Å²) < 4.78 is 5.08. The number of amides is 1. The Labute approximate surface area is 164 Å². The first-order valence-electron chi connectivity index (χ1n) is 9.25. The minimum Gasteiger partial charge on any atom is -0.482 e. The molecule has 6 heteroatoms. The van der Waals surface area contributed by atoms with Gasteiger partial charge in [0.2, 0.25) is 5.91 Å². The number of aryl methyl sites for hydroxylation is 1. The average molecular weight is 383 g/mol. The zero-order valence-corrected chi connectivity index (χ0v) is 16.1.